The molecule has 0 aliphatic rings. The maximum absolute atomic E-state index is 13.6. The van der Waals surface area contributed by atoms with Gasteiger partial charge in [0.15, 0.2) is 23.8 Å². The molecule has 41 heavy (non-hydrogen) atoms. The summed E-state index contributed by atoms with van der Waals surface area (Å²) in [4.78, 5) is 29.6. The Labute approximate surface area is 240 Å². The summed E-state index contributed by atoms with van der Waals surface area (Å²) in [5, 5.41) is 24.9. The third-order valence-electron chi connectivity index (χ3n) is 6.24. The Morgan fingerprint density at radius 3 is 2.51 bits per heavy atom. The van der Waals surface area contributed by atoms with Crippen molar-refractivity contribution in [1.82, 2.24) is 30.2 Å². The highest BCUT2D eigenvalue weighted by molar-refractivity contribution is 5.89. The minimum absolute atomic E-state index is 0.00207. The lowest BCUT2D eigenvalue weighted by Gasteiger charge is -2.17. The number of carbonyl (C=O) groups is 1. The second-order valence-corrected chi connectivity index (χ2v) is 9.76. The number of aromatic nitrogens is 6. The summed E-state index contributed by atoms with van der Waals surface area (Å²) < 4.78 is 52.3. The molecule has 0 saturated heterocycles. The van der Waals surface area contributed by atoms with Crippen molar-refractivity contribution >= 4 is 5.97 Å². The quantitative estimate of drug-likeness (QED) is 0.236. The van der Waals surface area contributed by atoms with Crippen LogP contribution in [0.4, 0.5) is 0 Å². The Bertz CT molecular complexity index is 1910. The molecular weight excluding hydrogens is 528 g/mol. The summed E-state index contributed by atoms with van der Waals surface area (Å²) in [6, 6.07) is 5.50. The Kier molecular flexibility index (Phi) is 6.34. The first kappa shape index (κ1) is 22.9. The molecule has 3 aromatic heterocycles. The summed E-state index contributed by atoms with van der Waals surface area (Å²) in [6.45, 7) is 5.56. The lowest BCUT2D eigenvalue weighted by molar-refractivity contribution is 0.0395. The molecule has 0 bridgehead atoms. The van der Waals surface area contributed by atoms with E-state index in [0.717, 1.165) is 0 Å². The predicted molar refractivity (Wildman–Crippen MR) is 147 cm³/mol. The van der Waals surface area contributed by atoms with E-state index in [1.807, 2.05) is 6.92 Å². The number of esters is 1. The van der Waals surface area contributed by atoms with E-state index < -0.39 is 24.0 Å². The molecule has 0 radical (unpaired) electrons. The molecule has 2 aromatic carbocycles. The van der Waals surface area contributed by atoms with Crippen LogP contribution in [0.3, 0.4) is 0 Å². The number of hydrogen-bond acceptors (Lipinski definition) is 10. The molecule has 0 atom stereocenters. The van der Waals surface area contributed by atoms with Gasteiger partial charge in [-0.15, -0.1) is 10.2 Å². The molecule has 0 fully saturated rings. The number of ether oxygens (including phenoxy) is 1. The van der Waals surface area contributed by atoms with Gasteiger partial charge in [-0.25, -0.2) is 14.6 Å². The fourth-order valence-corrected chi connectivity index (χ4v) is 4.31. The van der Waals surface area contributed by atoms with Crippen molar-refractivity contribution in [2.75, 3.05) is 0 Å². The molecule has 2 N–H and O–H groups in total. The number of aryl methyl sites for hydroxylation is 2. The Balaban J connectivity index is 1.63. The van der Waals surface area contributed by atoms with Gasteiger partial charge in [0.05, 0.1) is 5.48 Å². The van der Waals surface area contributed by atoms with Crippen LogP contribution in [0.1, 0.15) is 71.8 Å². The minimum Gasteiger partial charge on any atom is -0.453 e. The number of rotatable bonds is 10. The van der Waals surface area contributed by atoms with Gasteiger partial charge < -0.3 is 23.2 Å². The fourth-order valence-electron chi connectivity index (χ4n) is 4.31. The smallest absolute Gasteiger partial charge is 0.453 e. The van der Waals surface area contributed by atoms with Gasteiger partial charge in [-0.2, -0.15) is 5.21 Å². The number of aliphatic hydroxyl groups is 1. The first-order valence-corrected chi connectivity index (χ1v) is 12.8. The maximum Gasteiger partial charge on any atom is 0.519 e. The number of carbonyl (C=O) groups excluding carboxylic acids is 1. The highest BCUT2D eigenvalue weighted by Crippen LogP contribution is 2.31. The minimum atomic E-state index is -1.60. The van der Waals surface area contributed by atoms with Gasteiger partial charge in [-0.05, 0) is 49.1 Å². The highest BCUT2D eigenvalue weighted by Gasteiger charge is 2.33. The molecule has 0 amide bonds. The Morgan fingerprint density at radius 2 is 1.90 bits per heavy atom. The normalized spacial score (nSPS) is 13.0. The van der Waals surface area contributed by atoms with E-state index in [0.29, 0.717) is 29.8 Å². The van der Waals surface area contributed by atoms with Gasteiger partial charge in [-0.3, -0.25) is 0 Å². The highest BCUT2D eigenvalue weighted by atomic mass is 16.6. The summed E-state index contributed by atoms with van der Waals surface area (Å²) >= 11 is 0. The second-order valence-electron chi connectivity index (χ2n) is 9.76. The standard InChI is InChI=1S/C29H30N6O6/c1-5-8-23-30-25(29(3,4)38)24(27(36)39-16-22-17(2)40-28(37)41-22)35(23)15-18-11-13-19(14-12-18)20-9-6-7-10-21(20)26-31-33-34-32-26/h6-7,9-14,38H,5,8,15-16H2,1-4H3,(H,31,32,33,34)/i11D,12D,13D,14D. The van der Waals surface area contributed by atoms with Crippen molar-refractivity contribution < 1.29 is 29.0 Å². The largest absolute Gasteiger partial charge is 0.519 e. The van der Waals surface area contributed by atoms with Crippen LogP contribution in [0.25, 0.3) is 22.5 Å². The van der Waals surface area contributed by atoms with Gasteiger partial charge >= 0.3 is 11.8 Å². The first-order chi connectivity index (χ1) is 21.3. The lowest BCUT2D eigenvalue weighted by atomic mass is 9.98. The van der Waals surface area contributed by atoms with Crippen molar-refractivity contribution in [2.24, 2.45) is 0 Å². The summed E-state index contributed by atoms with van der Waals surface area (Å²) in [5.41, 5.74) is -0.858. The predicted octanol–water partition coefficient (Wildman–Crippen LogP) is 4.17. The molecule has 12 heteroatoms. The van der Waals surface area contributed by atoms with E-state index in [4.69, 9.17) is 19.1 Å². The third kappa shape index (κ3) is 5.87. The van der Waals surface area contributed by atoms with E-state index in [1.54, 1.807) is 24.3 Å². The van der Waals surface area contributed by atoms with Crippen molar-refractivity contribution in [3.8, 4) is 22.5 Å². The maximum atomic E-state index is 13.6. The van der Waals surface area contributed by atoms with Gasteiger partial charge in [-0.1, -0.05) is 55.4 Å². The van der Waals surface area contributed by atoms with Crippen LogP contribution in [0.2, 0.25) is 0 Å². The lowest BCUT2D eigenvalue weighted by Crippen LogP contribution is -2.23. The molecular formula is C29H30N6O6. The number of hydrogen-bond donors (Lipinski definition) is 2. The van der Waals surface area contributed by atoms with Crippen molar-refractivity contribution in [3.05, 3.63) is 93.3 Å². The van der Waals surface area contributed by atoms with E-state index in [1.165, 1.54) is 25.3 Å². The van der Waals surface area contributed by atoms with Crippen LogP contribution in [0.5, 0.6) is 0 Å². The number of benzene rings is 2. The fraction of sp³-hybridized carbons (Fsp3) is 0.310. The van der Waals surface area contributed by atoms with Gasteiger partial charge in [0.1, 0.15) is 17.1 Å². The molecule has 12 nitrogen and oxygen atoms in total. The summed E-state index contributed by atoms with van der Waals surface area (Å²) in [6.07, 6.45) is 0.973. The number of H-pyrrole nitrogens is 1. The van der Waals surface area contributed by atoms with E-state index in [9.17, 15) is 14.7 Å². The number of aromatic amines is 1. The van der Waals surface area contributed by atoms with Gasteiger partial charge in [0.25, 0.3) is 0 Å². The molecule has 0 unspecified atom stereocenters. The molecule has 0 aliphatic heterocycles. The van der Waals surface area contributed by atoms with Gasteiger partial charge in [0, 0.05) is 18.5 Å². The molecule has 0 spiro atoms. The van der Waals surface area contributed by atoms with Crippen molar-refractivity contribution in [3.63, 3.8) is 0 Å². The molecule has 5 aromatic rings. The molecule has 212 valence electrons. The van der Waals surface area contributed by atoms with Crippen LogP contribution in [-0.2, 0) is 29.9 Å². The zero-order valence-electron chi connectivity index (χ0n) is 26.9. The van der Waals surface area contributed by atoms with Crippen LogP contribution in [-0.4, -0.2) is 41.3 Å². The van der Waals surface area contributed by atoms with Crippen molar-refractivity contribution in [2.45, 2.75) is 59.3 Å². The second kappa shape index (κ2) is 11.3. The van der Waals surface area contributed by atoms with E-state index >= 15 is 0 Å². The average molecular weight is 563 g/mol. The number of nitrogens with one attached hydrogen (secondary N) is 1. The molecule has 0 saturated carbocycles. The van der Waals surface area contributed by atoms with Crippen LogP contribution < -0.4 is 5.82 Å². The Morgan fingerprint density at radius 1 is 1.17 bits per heavy atom. The third-order valence-corrected chi connectivity index (χ3v) is 6.24. The van der Waals surface area contributed by atoms with Crippen LogP contribution in [0.15, 0.2) is 62.1 Å². The van der Waals surface area contributed by atoms with Gasteiger partial charge in [0.2, 0.25) is 5.82 Å². The number of tetrazole rings is 1. The monoisotopic (exact) mass is 562 g/mol. The molecule has 0 aliphatic carbocycles. The zero-order valence-corrected chi connectivity index (χ0v) is 22.9. The van der Waals surface area contributed by atoms with Crippen LogP contribution >= 0.6 is 0 Å². The van der Waals surface area contributed by atoms with Crippen molar-refractivity contribution in [1.29, 1.82) is 0 Å². The van der Waals surface area contributed by atoms with E-state index in [2.05, 4.69) is 25.6 Å². The van der Waals surface area contributed by atoms with E-state index in [-0.39, 0.29) is 70.6 Å². The summed E-state index contributed by atoms with van der Waals surface area (Å²) in [7, 11) is 0. The molecule has 3 heterocycles. The Hall–Kier alpha value is -4.84. The topological polar surface area (TPSA) is 162 Å². The number of imidazole rings is 1. The summed E-state index contributed by atoms with van der Waals surface area (Å²) in [5.74, 6) is -1.11. The SMILES string of the molecule is [2H]c1c([2H])c(-c2ccccc2-c2nn[nH]n2)c([2H])c([2H])c1Cn1c(CCC)nc(C(C)(C)O)c1C(=O)OCc1oc(=O)oc1C. The average Bonchev–Trinajstić information content (AvgIpc) is 3.73. The van der Waals surface area contributed by atoms with Crippen LogP contribution in [0, 0.1) is 6.92 Å². The number of nitrogens with zero attached hydrogens (tertiary/aromatic N) is 5. The molecule has 5 rings (SSSR count). The first-order valence-electron chi connectivity index (χ1n) is 14.8. The zero-order chi connectivity index (χ0) is 32.6.